The van der Waals surface area contributed by atoms with Crippen molar-refractivity contribution in [1.82, 2.24) is 9.97 Å². The van der Waals surface area contributed by atoms with Gasteiger partial charge >= 0.3 is 0 Å². The smallest absolute Gasteiger partial charge is 0.258 e. The maximum atomic E-state index is 12.0. The molecule has 0 radical (unpaired) electrons. The average molecular weight is 300 g/mol. The Morgan fingerprint density at radius 2 is 1.95 bits per heavy atom. The zero-order valence-corrected chi connectivity index (χ0v) is 12.2. The van der Waals surface area contributed by atoms with Crippen molar-refractivity contribution in [1.29, 1.82) is 0 Å². The fourth-order valence-corrected chi connectivity index (χ4v) is 2.27. The highest BCUT2D eigenvalue weighted by Gasteiger charge is 2.04. The summed E-state index contributed by atoms with van der Waals surface area (Å²) >= 11 is 5.94. The summed E-state index contributed by atoms with van der Waals surface area (Å²) in [5.74, 6) is 0.579. The van der Waals surface area contributed by atoms with E-state index in [2.05, 4.69) is 15.3 Å². The van der Waals surface area contributed by atoms with Gasteiger partial charge in [-0.25, -0.2) is 4.98 Å². The Bertz CT molecular complexity index is 840. The number of nitrogens with zero attached hydrogens (tertiary/aromatic N) is 1. The Hall–Kier alpha value is -2.33. The van der Waals surface area contributed by atoms with E-state index < -0.39 is 0 Å². The third kappa shape index (κ3) is 3.06. The standard InChI is InChI=1S/C16H14ClN3O/c1-10-2-5-12(6-3-10)18-9-15-19-14-8-11(17)4-7-13(14)16(21)20-15/h2-8,18H,9H2,1H3,(H,19,20,21). The summed E-state index contributed by atoms with van der Waals surface area (Å²) in [6.07, 6.45) is 0. The maximum Gasteiger partial charge on any atom is 0.258 e. The molecule has 0 fully saturated rings. The minimum absolute atomic E-state index is 0.155. The van der Waals surface area contributed by atoms with Gasteiger partial charge in [0.05, 0.1) is 17.4 Å². The maximum absolute atomic E-state index is 12.0. The Balaban J connectivity index is 1.87. The lowest BCUT2D eigenvalue weighted by atomic mass is 10.2. The third-order valence-electron chi connectivity index (χ3n) is 3.23. The zero-order valence-electron chi connectivity index (χ0n) is 11.5. The first-order valence-corrected chi connectivity index (χ1v) is 6.98. The van der Waals surface area contributed by atoms with E-state index in [1.54, 1.807) is 18.2 Å². The molecule has 21 heavy (non-hydrogen) atoms. The van der Waals surface area contributed by atoms with Crippen LogP contribution in [0, 0.1) is 6.92 Å². The number of H-pyrrole nitrogens is 1. The van der Waals surface area contributed by atoms with Crippen LogP contribution in [0.5, 0.6) is 0 Å². The molecule has 2 N–H and O–H groups in total. The topological polar surface area (TPSA) is 57.8 Å². The number of aromatic amines is 1. The summed E-state index contributed by atoms with van der Waals surface area (Å²) in [6, 6.07) is 13.1. The molecule has 0 bridgehead atoms. The third-order valence-corrected chi connectivity index (χ3v) is 3.46. The van der Waals surface area contributed by atoms with E-state index in [0.29, 0.717) is 28.3 Å². The number of nitrogens with one attached hydrogen (secondary N) is 2. The van der Waals surface area contributed by atoms with Crippen LogP contribution in [-0.4, -0.2) is 9.97 Å². The molecular formula is C16H14ClN3O. The van der Waals surface area contributed by atoms with E-state index in [-0.39, 0.29) is 5.56 Å². The minimum Gasteiger partial charge on any atom is -0.378 e. The lowest BCUT2D eigenvalue weighted by Crippen LogP contribution is -2.14. The van der Waals surface area contributed by atoms with Crippen molar-refractivity contribution in [2.75, 3.05) is 5.32 Å². The molecule has 0 aliphatic heterocycles. The molecular weight excluding hydrogens is 286 g/mol. The van der Waals surface area contributed by atoms with Crippen LogP contribution in [0.15, 0.2) is 47.3 Å². The summed E-state index contributed by atoms with van der Waals surface area (Å²) in [5.41, 5.74) is 2.63. The highest BCUT2D eigenvalue weighted by Crippen LogP contribution is 2.15. The molecule has 0 spiro atoms. The zero-order chi connectivity index (χ0) is 14.8. The number of benzene rings is 2. The summed E-state index contributed by atoms with van der Waals surface area (Å²) < 4.78 is 0. The first-order chi connectivity index (χ1) is 10.1. The molecule has 1 aromatic heterocycles. The molecule has 0 amide bonds. The highest BCUT2D eigenvalue weighted by atomic mass is 35.5. The van der Waals surface area contributed by atoms with Gasteiger partial charge in [0.25, 0.3) is 5.56 Å². The van der Waals surface area contributed by atoms with E-state index in [0.717, 1.165) is 5.69 Å². The van der Waals surface area contributed by atoms with Crippen LogP contribution in [0.2, 0.25) is 5.02 Å². The fraction of sp³-hybridized carbons (Fsp3) is 0.125. The van der Waals surface area contributed by atoms with E-state index in [1.165, 1.54) is 5.56 Å². The van der Waals surface area contributed by atoms with Gasteiger partial charge in [-0.05, 0) is 37.3 Å². The van der Waals surface area contributed by atoms with Gasteiger partial charge < -0.3 is 10.3 Å². The van der Waals surface area contributed by atoms with Crippen molar-refractivity contribution in [3.05, 3.63) is 69.2 Å². The molecule has 0 aliphatic carbocycles. The molecule has 106 valence electrons. The Kier molecular flexibility index (Phi) is 3.62. The highest BCUT2D eigenvalue weighted by molar-refractivity contribution is 6.31. The fourth-order valence-electron chi connectivity index (χ4n) is 2.10. The van der Waals surface area contributed by atoms with Gasteiger partial charge in [0, 0.05) is 10.7 Å². The average Bonchev–Trinajstić information content (AvgIpc) is 2.46. The molecule has 3 rings (SSSR count). The summed E-state index contributed by atoms with van der Waals surface area (Å²) in [4.78, 5) is 19.2. The van der Waals surface area contributed by atoms with Crippen molar-refractivity contribution >= 4 is 28.2 Å². The molecule has 3 aromatic rings. The first kappa shape index (κ1) is 13.6. The van der Waals surface area contributed by atoms with E-state index in [4.69, 9.17) is 11.6 Å². The van der Waals surface area contributed by atoms with Gasteiger partial charge in [0.15, 0.2) is 0 Å². The lowest BCUT2D eigenvalue weighted by Gasteiger charge is -2.07. The van der Waals surface area contributed by atoms with Gasteiger partial charge in [-0.2, -0.15) is 0 Å². The van der Waals surface area contributed by atoms with Gasteiger partial charge in [0.2, 0.25) is 0 Å². The molecule has 0 unspecified atom stereocenters. The molecule has 0 atom stereocenters. The lowest BCUT2D eigenvalue weighted by molar-refractivity contribution is 0.953. The van der Waals surface area contributed by atoms with Crippen molar-refractivity contribution in [2.45, 2.75) is 13.5 Å². The molecule has 0 aliphatic rings. The summed E-state index contributed by atoms with van der Waals surface area (Å²) in [6.45, 7) is 2.48. The van der Waals surface area contributed by atoms with Gasteiger partial charge in [-0.1, -0.05) is 29.3 Å². The van der Waals surface area contributed by atoms with Crippen molar-refractivity contribution < 1.29 is 0 Å². The van der Waals surface area contributed by atoms with Crippen LogP contribution in [-0.2, 0) is 6.54 Å². The summed E-state index contributed by atoms with van der Waals surface area (Å²) in [7, 11) is 0. The van der Waals surface area contributed by atoms with Crippen LogP contribution in [0.3, 0.4) is 0 Å². The number of halogens is 1. The number of fused-ring (bicyclic) bond motifs is 1. The Morgan fingerprint density at radius 1 is 1.19 bits per heavy atom. The van der Waals surface area contributed by atoms with Crippen molar-refractivity contribution in [3.63, 3.8) is 0 Å². The van der Waals surface area contributed by atoms with Gasteiger partial charge in [0.1, 0.15) is 5.82 Å². The van der Waals surface area contributed by atoms with Crippen molar-refractivity contribution in [2.24, 2.45) is 0 Å². The van der Waals surface area contributed by atoms with Crippen LogP contribution in [0.1, 0.15) is 11.4 Å². The molecule has 0 saturated carbocycles. The van der Waals surface area contributed by atoms with Gasteiger partial charge in [-0.3, -0.25) is 4.79 Å². The van der Waals surface area contributed by atoms with Crippen LogP contribution in [0.25, 0.3) is 10.9 Å². The number of aryl methyl sites for hydroxylation is 1. The molecule has 2 aromatic carbocycles. The number of aromatic nitrogens is 2. The largest absolute Gasteiger partial charge is 0.378 e. The normalized spacial score (nSPS) is 10.8. The molecule has 4 nitrogen and oxygen atoms in total. The van der Waals surface area contributed by atoms with Crippen LogP contribution in [0.4, 0.5) is 5.69 Å². The van der Waals surface area contributed by atoms with Crippen LogP contribution >= 0.6 is 11.6 Å². The second-order valence-corrected chi connectivity index (χ2v) is 5.33. The van der Waals surface area contributed by atoms with E-state index >= 15 is 0 Å². The molecule has 1 heterocycles. The first-order valence-electron chi connectivity index (χ1n) is 6.61. The Labute approximate surface area is 126 Å². The minimum atomic E-state index is -0.155. The summed E-state index contributed by atoms with van der Waals surface area (Å²) in [5, 5.41) is 4.34. The second kappa shape index (κ2) is 5.58. The Morgan fingerprint density at radius 3 is 2.71 bits per heavy atom. The number of hydrogen-bond donors (Lipinski definition) is 2. The SMILES string of the molecule is Cc1ccc(NCc2nc3cc(Cl)ccc3c(=O)[nH]2)cc1. The quantitative estimate of drug-likeness (QED) is 0.778. The monoisotopic (exact) mass is 299 g/mol. The number of anilines is 1. The number of rotatable bonds is 3. The molecule has 0 saturated heterocycles. The second-order valence-electron chi connectivity index (χ2n) is 4.89. The molecule has 5 heteroatoms. The van der Waals surface area contributed by atoms with E-state index in [9.17, 15) is 4.79 Å². The predicted molar refractivity (Wildman–Crippen MR) is 85.9 cm³/mol. The van der Waals surface area contributed by atoms with E-state index in [1.807, 2.05) is 31.2 Å². The predicted octanol–water partition coefficient (Wildman–Crippen LogP) is 3.50. The van der Waals surface area contributed by atoms with Crippen molar-refractivity contribution in [3.8, 4) is 0 Å². The number of hydrogen-bond acceptors (Lipinski definition) is 3. The van der Waals surface area contributed by atoms with Gasteiger partial charge in [-0.15, -0.1) is 0 Å². The van der Waals surface area contributed by atoms with Crippen LogP contribution < -0.4 is 10.9 Å².